The number of nitrogens with one attached hydrogen (secondary N) is 1. The third-order valence-electron chi connectivity index (χ3n) is 1.99. The van der Waals surface area contributed by atoms with Crippen molar-refractivity contribution in [3.05, 3.63) is 41.1 Å². The summed E-state index contributed by atoms with van der Waals surface area (Å²) in [6, 6.07) is 3.92. The van der Waals surface area contributed by atoms with Crippen LogP contribution in [-0.4, -0.2) is 22.0 Å². The Morgan fingerprint density at radius 2 is 2.27 bits per heavy atom. The number of thiazole rings is 1. The fourth-order valence-corrected chi connectivity index (χ4v) is 1.77. The second-order valence-electron chi connectivity index (χ2n) is 3.05. The monoisotopic (exact) mass is 221 g/mol. The molecular weight excluding hydrogens is 210 g/mol. The molecule has 0 saturated heterocycles. The predicted molar refractivity (Wildman–Crippen MR) is 58.9 cm³/mol. The van der Waals surface area contributed by atoms with Gasteiger partial charge in [0.25, 0.3) is 5.91 Å². The Balaban J connectivity index is 1.77. The molecule has 1 amide bonds. The van der Waals surface area contributed by atoms with Crippen LogP contribution >= 0.6 is 11.3 Å². The van der Waals surface area contributed by atoms with Crippen molar-refractivity contribution in [2.24, 2.45) is 0 Å². The largest absolute Gasteiger partial charge is 0.353 e. The summed E-state index contributed by atoms with van der Waals surface area (Å²) in [5.74, 6) is -0.108. The van der Waals surface area contributed by atoms with Gasteiger partial charge in [0.2, 0.25) is 0 Å². The van der Waals surface area contributed by atoms with Gasteiger partial charge < -0.3 is 9.88 Å². The Morgan fingerprint density at radius 1 is 1.47 bits per heavy atom. The van der Waals surface area contributed by atoms with Crippen molar-refractivity contribution in [3.63, 3.8) is 0 Å². The maximum Gasteiger partial charge on any atom is 0.270 e. The average molecular weight is 221 g/mol. The predicted octanol–water partition coefficient (Wildman–Crippen LogP) is 1.37. The van der Waals surface area contributed by atoms with E-state index in [-0.39, 0.29) is 5.91 Å². The summed E-state index contributed by atoms with van der Waals surface area (Å²) in [7, 11) is 0. The highest BCUT2D eigenvalue weighted by Crippen LogP contribution is 1.99. The maximum absolute atomic E-state index is 11.5. The maximum atomic E-state index is 11.5. The first-order valence-electron chi connectivity index (χ1n) is 4.63. The normalized spacial score (nSPS) is 10.1. The van der Waals surface area contributed by atoms with Crippen molar-refractivity contribution in [3.8, 4) is 0 Å². The molecule has 1 N–H and O–H groups in total. The van der Waals surface area contributed by atoms with Crippen molar-refractivity contribution >= 4 is 17.2 Å². The fourth-order valence-electron chi connectivity index (χ4n) is 1.23. The van der Waals surface area contributed by atoms with Gasteiger partial charge in [-0.25, -0.2) is 4.98 Å². The minimum atomic E-state index is -0.108. The Kier molecular flexibility index (Phi) is 3.14. The molecule has 0 aliphatic heterocycles. The molecule has 0 radical (unpaired) electrons. The first kappa shape index (κ1) is 9.92. The van der Waals surface area contributed by atoms with Gasteiger partial charge in [-0.3, -0.25) is 4.79 Å². The highest BCUT2D eigenvalue weighted by atomic mass is 32.1. The molecule has 0 atom stereocenters. The van der Waals surface area contributed by atoms with E-state index in [1.54, 1.807) is 10.9 Å². The topological polar surface area (TPSA) is 46.9 Å². The molecule has 15 heavy (non-hydrogen) atoms. The molecule has 5 heteroatoms. The molecule has 0 saturated carbocycles. The van der Waals surface area contributed by atoms with Gasteiger partial charge in [-0.15, -0.1) is 11.3 Å². The van der Waals surface area contributed by atoms with Crippen LogP contribution in [0.4, 0.5) is 0 Å². The summed E-state index contributed by atoms with van der Waals surface area (Å²) >= 11 is 1.42. The van der Waals surface area contributed by atoms with Crippen LogP contribution < -0.4 is 5.32 Å². The van der Waals surface area contributed by atoms with E-state index in [4.69, 9.17) is 0 Å². The third kappa shape index (κ3) is 2.66. The molecule has 0 bridgehead atoms. The van der Waals surface area contributed by atoms with Gasteiger partial charge in [0.15, 0.2) is 0 Å². The number of hydrogen-bond acceptors (Lipinski definition) is 3. The lowest BCUT2D eigenvalue weighted by molar-refractivity contribution is 0.0948. The van der Waals surface area contributed by atoms with Crippen molar-refractivity contribution < 1.29 is 4.79 Å². The minimum absolute atomic E-state index is 0.108. The van der Waals surface area contributed by atoms with Crippen LogP contribution in [0.25, 0.3) is 0 Å². The molecule has 0 fully saturated rings. The molecule has 2 rings (SSSR count). The van der Waals surface area contributed by atoms with E-state index in [1.165, 1.54) is 11.3 Å². The molecule has 4 nitrogen and oxygen atoms in total. The number of amides is 1. The Bertz CT molecular complexity index is 408. The lowest BCUT2D eigenvalue weighted by atomic mass is 10.4. The quantitative estimate of drug-likeness (QED) is 0.847. The summed E-state index contributed by atoms with van der Waals surface area (Å²) in [4.78, 5) is 15.4. The van der Waals surface area contributed by atoms with Crippen LogP contribution in [0.1, 0.15) is 10.5 Å². The summed E-state index contributed by atoms with van der Waals surface area (Å²) in [5, 5.41) is 4.55. The highest BCUT2D eigenvalue weighted by Gasteiger charge is 2.05. The molecule has 0 aliphatic rings. The van der Waals surface area contributed by atoms with Gasteiger partial charge >= 0.3 is 0 Å². The number of hydrogen-bond donors (Lipinski definition) is 1. The highest BCUT2D eigenvalue weighted by molar-refractivity contribution is 7.07. The van der Waals surface area contributed by atoms with Gasteiger partial charge in [-0.05, 0) is 12.1 Å². The SMILES string of the molecule is O=C(NCCn1cccc1)c1cscn1. The molecule has 0 spiro atoms. The fraction of sp³-hybridized carbons (Fsp3) is 0.200. The lowest BCUT2D eigenvalue weighted by Crippen LogP contribution is -2.27. The number of rotatable bonds is 4. The van der Waals surface area contributed by atoms with Gasteiger partial charge in [-0.2, -0.15) is 0 Å². The van der Waals surface area contributed by atoms with Crippen LogP contribution in [0.15, 0.2) is 35.4 Å². The summed E-state index contributed by atoms with van der Waals surface area (Å²) < 4.78 is 2.02. The van der Waals surface area contributed by atoms with Crippen molar-refractivity contribution in [2.45, 2.75) is 6.54 Å². The lowest BCUT2D eigenvalue weighted by Gasteiger charge is -2.04. The molecular formula is C10H11N3OS. The van der Waals surface area contributed by atoms with Gasteiger partial charge in [0.1, 0.15) is 5.69 Å². The van der Waals surface area contributed by atoms with Crippen molar-refractivity contribution in [2.75, 3.05) is 6.54 Å². The average Bonchev–Trinajstić information content (AvgIpc) is 2.90. The van der Waals surface area contributed by atoms with Crippen LogP contribution in [0.3, 0.4) is 0 Å². The van der Waals surface area contributed by atoms with E-state index in [9.17, 15) is 4.79 Å². The van der Waals surface area contributed by atoms with Gasteiger partial charge in [0, 0.05) is 30.9 Å². The zero-order valence-electron chi connectivity index (χ0n) is 8.09. The van der Waals surface area contributed by atoms with E-state index < -0.39 is 0 Å². The molecule has 2 aromatic rings. The van der Waals surface area contributed by atoms with Crippen LogP contribution in [0, 0.1) is 0 Å². The van der Waals surface area contributed by atoms with E-state index in [1.807, 2.05) is 29.1 Å². The summed E-state index contributed by atoms with van der Waals surface area (Å²) in [6.07, 6.45) is 3.93. The molecule has 0 unspecified atom stereocenters. The molecule has 2 aromatic heterocycles. The number of aromatic nitrogens is 2. The van der Waals surface area contributed by atoms with Crippen molar-refractivity contribution in [1.29, 1.82) is 0 Å². The van der Waals surface area contributed by atoms with Crippen LogP contribution in [-0.2, 0) is 6.54 Å². The van der Waals surface area contributed by atoms with Gasteiger partial charge in [-0.1, -0.05) is 0 Å². The molecule has 78 valence electrons. The number of carbonyl (C=O) groups excluding carboxylic acids is 1. The molecule has 0 aliphatic carbocycles. The van der Waals surface area contributed by atoms with E-state index in [0.29, 0.717) is 12.2 Å². The first-order valence-corrected chi connectivity index (χ1v) is 5.57. The second-order valence-corrected chi connectivity index (χ2v) is 3.77. The zero-order chi connectivity index (χ0) is 10.5. The standard InChI is InChI=1S/C10H11N3OS/c14-10(9-7-15-8-12-9)11-3-6-13-4-1-2-5-13/h1-2,4-5,7-8H,3,6H2,(H,11,14). The van der Waals surface area contributed by atoms with E-state index >= 15 is 0 Å². The summed E-state index contributed by atoms with van der Waals surface area (Å²) in [6.45, 7) is 1.40. The van der Waals surface area contributed by atoms with Crippen LogP contribution in [0.2, 0.25) is 0 Å². The molecule has 2 heterocycles. The second kappa shape index (κ2) is 4.75. The minimum Gasteiger partial charge on any atom is -0.353 e. The van der Waals surface area contributed by atoms with Gasteiger partial charge in [0.05, 0.1) is 5.51 Å². The van der Waals surface area contributed by atoms with E-state index in [0.717, 1.165) is 6.54 Å². The Labute approximate surface area is 91.6 Å². The zero-order valence-corrected chi connectivity index (χ0v) is 8.91. The molecule has 0 aromatic carbocycles. The van der Waals surface area contributed by atoms with E-state index in [2.05, 4.69) is 10.3 Å². The smallest absolute Gasteiger partial charge is 0.270 e. The first-order chi connectivity index (χ1) is 7.36. The number of carbonyl (C=O) groups is 1. The number of nitrogens with zero attached hydrogens (tertiary/aromatic N) is 2. The van der Waals surface area contributed by atoms with Crippen molar-refractivity contribution in [1.82, 2.24) is 14.9 Å². The van der Waals surface area contributed by atoms with Crippen LogP contribution in [0.5, 0.6) is 0 Å². The summed E-state index contributed by atoms with van der Waals surface area (Å²) in [5.41, 5.74) is 2.15. The Hall–Kier alpha value is -1.62. The Morgan fingerprint density at radius 3 is 2.93 bits per heavy atom. The third-order valence-corrected chi connectivity index (χ3v) is 2.57.